The molecular formula is C19H18Cl2O3. The van der Waals surface area contributed by atoms with E-state index < -0.39 is 5.97 Å². The van der Waals surface area contributed by atoms with Crippen molar-refractivity contribution in [3.8, 4) is 11.1 Å². The van der Waals surface area contributed by atoms with Crippen LogP contribution in [0.15, 0.2) is 46.9 Å². The zero-order valence-electron chi connectivity index (χ0n) is 13.7. The van der Waals surface area contributed by atoms with Crippen LogP contribution in [0.3, 0.4) is 0 Å². The van der Waals surface area contributed by atoms with Gasteiger partial charge in [0.05, 0.1) is 6.61 Å². The van der Waals surface area contributed by atoms with Crippen molar-refractivity contribution < 1.29 is 13.9 Å². The van der Waals surface area contributed by atoms with Crippen molar-refractivity contribution in [3.05, 3.63) is 58.3 Å². The van der Waals surface area contributed by atoms with E-state index in [2.05, 4.69) is 0 Å². The monoisotopic (exact) mass is 364 g/mol. The number of hydrogen-bond donors (Lipinski definition) is 0. The minimum Gasteiger partial charge on any atom is -0.460 e. The maximum absolute atomic E-state index is 11.7. The van der Waals surface area contributed by atoms with E-state index in [1.807, 2.05) is 38.1 Å². The fourth-order valence-electron chi connectivity index (χ4n) is 2.23. The van der Waals surface area contributed by atoms with Crippen LogP contribution in [-0.4, -0.2) is 12.6 Å². The van der Waals surface area contributed by atoms with Crippen molar-refractivity contribution in [2.75, 3.05) is 6.61 Å². The number of carbonyl (C=O) groups is 1. The van der Waals surface area contributed by atoms with Crippen LogP contribution in [0.1, 0.15) is 31.3 Å². The number of hydrogen-bond acceptors (Lipinski definition) is 3. The first-order chi connectivity index (χ1) is 11.6. The van der Waals surface area contributed by atoms with E-state index in [0.29, 0.717) is 22.2 Å². The molecule has 3 rings (SSSR count). The zero-order valence-corrected chi connectivity index (χ0v) is 15.2. The summed E-state index contributed by atoms with van der Waals surface area (Å²) >= 11 is 12.1. The average Bonchev–Trinajstić information content (AvgIpc) is 3.00. The molecule has 3 aromatic rings. The Balaban J connectivity index is 0.00000100. The number of fused-ring (bicyclic) bond motifs is 1. The lowest BCUT2D eigenvalue weighted by atomic mass is 10.0. The third-order valence-corrected chi connectivity index (χ3v) is 3.79. The van der Waals surface area contributed by atoms with Crippen LogP contribution in [-0.2, 0) is 4.74 Å². The minimum atomic E-state index is -0.468. The maximum Gasteiger partial charge on any atom is 0.374 e. The van der Waals surface area contributed by atoms with Crippen LogP contribution in [0, 0.1) is 0 Å². The lowest BCUT2D eigenvalue weighted by Crippen LogP contribution is -2.02. The third-order valence-electron chi connectivity index (χ3n) is 3.24. The lowest BCUT2D eigenvalue weighted by Gasteiger charge is -2.04. The van der Waals surface area contributed by atoms with Crippen LogP contribution < -0.4 is 0 Å². The number of furan rings is 1. The molecule has 0 spiro atoms. The van der Waals surface area contributed by atoms with E-state index in [0.717, 1.165) is 16.5 Å². The lowest BCUT2D eigenvalue weighted by molar-refractivity contribution is 0.0492. The van der Waals surface area contributed by atoms with Gasteiger partial charge in [-0.15, -0.1) is 0 Å². The maximum atomic E-state index is 11.7. The molecule has 0 saturated carbocycles. The number of rotatable bonds is 3. The van der Waals surface area contributed by atoms with E-state index in [4.69, 9.17) is 32.4 Å². The van der Waals surface area contributed by atoms with Gasteiger partial charge >= 0.3 is 5.97 Å². The Morgan fingerprint density at radius 1 is 1.08 bits per heavy atom. The molecule has 0 bridgehead atoms. The molecule has 126 valence electrons. The summed E-state index contributed by atoms with van der Waals surface area (Å²) < 4.78 is 10.5. The summed E-state index contributed by atoms with van der Waals surface area (Å²) in [4.78, 5) is 11.7. The van der Waals surface area contributed by atoms with E-state index in [1.165, 1.54) is 0 Å². The fourth-order valence-corrected chi connectivity index (χ4v) is 2.74. The standard InChI is InChI=1S/C17H12Cl2O3.C2H6/c1-2-21-17(20)16-8-11-4-3-10(7-15(11)22-16)13-6-5-12(18)9-14(13)19;1-2/h3-9H,2H2,1H3;1-2H3. The van der Waals surface area contributed by atoms with Gasteiger partial charge in [0.25, 0.3) is 0 Å². The SMILES string of the molecule is CC.CCOC(=O)c1cc2ccc(-c3ccc(Cl)cc3Cl)cc2o1. The second kappa shape index (κ2) is 8.22. The third kappa shape index (κ3) is 3.92. The average molecular weight is 365 g/mol. The highest BCUT2D eigenvalue weighted by molar-refractivity contribution is 6.36. The van der Waals surface area contributed by atoms with Gasteiger partial charge in [-0.05, 0) is 36.8 Å². The number of ether oxygens (including phenoxy) is 1. The Morgan fingerprint density at radius 2 is 1.83 bits per heavy atom. The summed E-state index contributed by atoms with van der Waals surface area (Å²) in [6.45, 7) is 6.06. The summed E-state index contributed by atoms with van der Waals surface area (Å²) in [6.07, 6.45) is 0. The number of carbonyl (C=O) groups excluding carboxylic acids is 1. The first-order valence-electron chi connectivity index (χ1n) is 7.74. The Hall–Kier alpha value is -1.97. The molecule has 0 atom stereocenters. The van der Waals surface area contributed by atoms with Gasteiger partial charge in [0.15, 0.2) is 0 Å². The van der Waals surface area contributed by atoms with Gasteiger partial charge in [-0.1, -0.05) is 55.2 Å². The first-order valence-corrected chi connectivity index (χ1v) is 8.50. The highest BCUT2D eigenvalue weighted by atomic mass is 35.5. The van der Waals surface area contributed by atoms with Gasteiger partial charge in [0.1, 0.15) is 5.58 Å². The zero-order chi connectivity index (χ0) is 17.7. The van der Waals surface area contributed by atoms with Gasteiger partial charge in [-0.2, -0.15) is 0 Å². The van der Waals surface area contributed by atoms with Crippen LogP contribution >= 0.6 is 23.2 Å². The molecule has 0 radical (unpaired) electrons. The number of benzene rings is 2. The second-order valence-corrected chi connectivity index (χ2v) is 5.55. The largest absolute Gasteiger partial charge is 0.460 e. The molecule has 2 aromatic carbocycles. The molecule has 0 saturated heterocycles. The van der Waals surface area contributed by atoms with Crippen molar-refractivity contribution in [1.82, 2.24) is 0 Å². The molecule has 0 aliphatic rings. The van der Waals surface area contributed by atoms with E-state index in [9.17, 15) is 4.79 Å². The summed E-state index contributed by atoms with van der Waals surface area (Å²) in [5.74, 6) is -0.277. The molecule has 0 aliphatic heterocycles. The van der Waals surface area contributed by atoms with Crippen molar-refractivity contribution in [2.24, 2.45) is 0 Å². The molecule has 24 heavy (non-hydrogen) atoms. The van der Waals surface area contributed by atoms with Gasteiger partial charge in [0.2, 0.25) is 5.76 Å². The van der Waals surface area contributed by atoms with E-state index in [-0.39, 0.29) is 5.76 Å². The van der Waals surface area contributed by atoms with E-state index >= 15 is 0 Å². The van der Waals surface area contributed by atoms with Crippen molar-refractivity contribution >= 4 is 40.1 Å². The normalized spacial score (nSPS) is 10.2. The highest BCUT2D eigenvalue weighted by Gasteiger charge is 2.14. The summed E-state index contributed by atoms with van der Waals surface area (Å²) in [6, 6.07) is 12.6. The van der Waals surface area contributed by atoms with Gasteiger partial charge in [-0.3, -0.25) is 0 Å². The molecule has 0 fully saturated rings. The van der Waals surface area contributed by atoms with E-state index in [1.54, 1.807) is 25.1 Å². The van der Waals surface area contributed by atoms with Crippen LogP contribution in [0.2, 0.25) is 10.0 Å². The molecule has 5 heteroatoms. The summed E-state index contributed by atoms with van der Waals surface area (Å²) in [5, 5.41) is 1.97. The minimum absolute atomic E-state index is 0.191. The quantitative estimate of drug-likeness (QED) is 0.490. The van der Waals surface area contributed by atoms with Crippen molar-refractivity contribution in [1.29, 1.82) is 0 Å². The Bertz CT molecular complexity index is 853. The Morgan fingerprint density at radius 3 is 2.50 bits per heavy atom. The molecule has 0 amide bonds. The summed E-state index contributed by atoms with van der Waals surface area (Å²) in [7, 11) is 0. The Kier molecular flexibility index (Phi) is 6.29. The topological polar surface area (TPSA) is 39.4 Å². The van der Waals surface area contributed by atoms with Crippen LogP contribution in [0.25, 0.3) is 22.1 Å². The van der Waals surface area contributed by atoms with Crippen LogP contribution in [0.5, 0.6) is 0 Å². The van der Waals surface area contributed by atoms with Crippen LogP contribution in [0.4, 0.5) is 0 Å². The first kappa shape index (κ1) is 18.4. The highest BCUT2D eigenvalue weighted by Crippen LogP contribution is 2.33. The van der Waals surface area contributed by atoms with Gasteiger partial charge in [-0.25, -0.2) is 4.79 Å². The molecule has 0 N–H and O–H groups in total. The summed E-state index contributed by atoms with van der Waals surface area (Å²) in [5.41, 5.74) is 2.34. The molecule has 1 heterocycles. The molecule has 1 aromatic heterocycles. The Labute approximate surface area is 151 Å². The van der Waals surface area contributed by atoms with Gasteiger partial charge in [0, 0.05) is 21.0 Å². The second-order valence-electron chi connectivity index (χ2n) is 4.71. The molecular weight excluding hydrogens is 347 g/mol. The number of halogens is 2. The number of esters is 1. The van der Waals surface area contributed by atoms with Gasteiger partial charge < -0.3 is 9.15 Å². The van der Waals surface area contributed by atoms with Crippen molar-refractivity contribution in [3.63, 3.8) is 0 Å². The fraction of sp³-hybridized carbons (Fsp3) is 0.211. The molecule has 0 aliphatic carbocycles. The smallest absolute Gasteiger partial charge is 0.374 e. The van der Waals surface area contributed by atoms with Crippen molar-refractivity contribution in [2.45, 2.75) is 20.8 Å². The predicted octanol–water partition coefficient (Wildman–Crippen LogP) is 6.61. The molecule has 3 nitrogen and oxygen atoms in total. The predicted molar refractivity (Wildman–Crippen MR) is 99.0 cm³/mol. The molecule has 0 unspecified atom stereocenters.